The van der Waals surface area contributed by atoms with E-state index < -0.39 is 0 Å². The van der Waals surface area contributed by atoms with Crippen LogP contribution in [0.1, 0.15) is 12.8 Å². The Morgan fingerprint density at radius 3 is 2.95 bits per heavy atom. The molecule has 0 bridgehead atoms. The SMILES string of the molecule is COCCCN1CC(C(=O)Nc2ccccc2Br)CC1=O. The number of halogens is 1. The lowest BCUT2D eigenvalue weighted by molar-refractivity contribution is -0.128. The molecule has 1 aliphatic heterocycles. The molecular weight excluding hydrogens is 336 g/mol. The summed E-state index contributed by atoms with van der Waals surface area (Å²) in [6.45, 7) is 1.75. The zero-order valence-electron chi connectivity index (χ0n) is 12.0. The molecule has 21 heavy (non-hydrogen) atoms. The summed E-state index contributed by atoms with van der Waals surface area (Å²) in [5.74, 6) is -0.352. The van der Waals surface area contributed by atoms with E-state index in [9.17, 15) is 9.59 Å². The molecule has 2 amide bonds. The van der Waals surface area contributed by atoms with Gasteiger partial charge in [-0.15, -0.1) is 0 Å². The van der Waals surface area contributed by atoms with Crippen LogP contribution in [-0.2, 0) is 14.3 Å². The molecule has 1 aromatic rings. The van der Waals surface area contributed by atoms with Crippen LogP contribution in [0.2, 0.25) is 0 Å². The van der Waals surface area contributed by atoms with Crippen molar-refractivity contribution < 1.29 is 14.3 Å². The fourth-order valence-corrected chi connectivity index (χ4v) is 2.74. The summed E-state index contributed by atoms with van der Waals surface area (Å²) >= 11 is 3.39. The number of rotatable bonds is 6. The van der Waals surface area contributed by atoms with Crippen molar-refractivity contribution in [1.82, 2.24) is 4.90 Å². The molecule has 1 atom stereocenters. The Morgan fingerprint density at radius 1 is 1.48 bits per heavy atom. The van der Waals surface area contributed by atoms with Gasteiger partial charge in [0.1, 0.15) is 0 Å². The zero-order chi connectivity index (χ0) is 15.2. The minimum absolute atomic E-state index is 0.0402. The highest BCUT2D eigenvalue weighted by molar-refractivity contribution is 9.10. The average molecular weight is 355 g/mol. The quantitative estimate of drug-likeness (QED) is 0.797. The third-order valence-electron chi connectivity index (χ3n) is 3.49. The molecule has 1 saturated heterocycles. The van der Waals surface area contributed by atoms with Crippen molar-refractivity contribution in [3.63, 3.8) is 0 Å². The molecule has 1 N–H and O–H groups in total. The van der Waals surface area contributed by atoms with Crippen molar-refractivity contribution in [2.75, 3.05) is 32.1 Å². The van der Waals surface area contributed by atoms with Crippen LogP contribution in [0.5, 0.6) is 0 Å². The summed E-state index contributed by atoms with van der Waals surface area (Å²) in [5, 5.41) is 2.87. The van der Waals surface area contributed by atoms with Crippen LogP contribution in [0.15, 0.2) is 28.7 Å². The molecule has 1 fully saturated rings. The fourth-order valence-electron chi connectivity index (χ4n) is 2.36. The highest BCUT2D eigenvalue weighted by atomic mass is 79.9. The maximum absolute atomic E-state index is 12.3. The molecule has 114 valence electrons. The van der Waals surface area contributed by atoms with Gasteiger partial charge in [0.05, 0.1) is 11.6 Å². The summed E-state index contributed by atoms with van der Waals surface area (Å²) in [4.78, 5) is 25.9. The molecule has 1 aromatic carbocycles. The van der Waals surface area contributed by atoms with Crippen molar-refractivity contribution in [3.8, 4) is 0 Å². The molecule has 2 rings (SSSR count). The summed E-state index contributed by atoms with van der Waals surface area (Å²) < 4.78 is 5.81. The Bertz CT molecular complexity index is 521. The van der Waals surface area contributed by atoms with E-state index in [1.165, 1.54) is 0 Å². The van der Waals surface area contributed by atoms with E-state index in [4.69, 9.17) is 4.74 Å². The maximum atomic E-state index is 12.3. The standard InChI is InChI=1S/C15H19BrN2O3/c1-21-8-4-7-18-10-11(9-14(18)19)15(20)17-13-6-3-2-5-12(13)16/h2-3,5-6,11H,4,7-10H2,1H3,(H,17,20). The van der Waals surface area contributed by atoms with E-state index in [1.54, 1.807) is 12.0 Å². The zero-order valence-corrected chi connectivity index (χ0v) is 13.6. The van der Waals surface area contributed by atoms with E-state index in [1.807, 2.05) is 24.3 Å². The lowest BCUT2D eigenvalue weighted by Gasteiger charge is -2.16. The van der Waals surface area contributed by atoms with Gasteiger partial charge >= 0.3 is 0 Å². The summed E-state index contributed by atoms with van der Waals surface area (Å²) in [7, 11) is 1.64. The molecule has 0 saturated carbocycles. The van der Waals surface area contributed by atoms with Crippen molar-refractivity contribution in [1.29, 1.82) is 0 Å². The van der Waals surface area contributed by atoms with Crippen molar-refractivity contribution >= 4 is 33.4 Å². The van der Waals surface area contributed by atoms with Crippen molar-refractivity contribution in [2.45, 2.75) is 12.8 Å². The number of nitrogens with one attached hydrogen (secondary N) is 1. The number of carbonyl (C=O) groups excluding carboxylic acids is 2. The molecule has 0 spiro atoms. The number of para-hydroxylation sites is 1. The second-order valence-electron chi connectivity index (χ2n) is 5.06. The van der Waals surface area contributed by atoms with Crippen LogP contribution in [0.3, 0.4) is 0 Å². The van der Waals surface area contributed by atoms with E-state index in [2.05, 4.69) is 21.2 Å². The molecule has 0 aliphatic carbocycles. The topological polar surface area (TPSA) is 58.6 Å². The van der Waals surface area contributed by atoms with E-state index in [-0.39, 0.29) is 24.2 Å². The largest absolute Gasteiger partial charge is 0.385 e. The Balaban J connectivity index is 1.89. The first-order chi connectivity index (χ1) is 10.1. The predicted molar refractivity (Wildman–Crippen MR) is 84.0 cm³/mol. The van der Waals surface area contributed by atoms with Gasteiger partial charge in [-0.05, 0) is 34.5 Å². The normalized spacial score (nSPS) is 18.1. The van der Waals surface area contributed by atoms with Gasteiger partial charge in [-0.1, -0.05) is 12.1 Å². The number of ether oxygens (including phenoxy) is 1. The number of likely N-dealkylation sites (tertiary alicyclic amines) is 1. The second kappa shape index (κ2) is 7.56. The van der Waals surface area contributed by atoms with Gasteiger partial charge in [0.15, 0.2) is 0 Å². The van der Waals surface area contributed by atoms with Gasteiger partial charge in [-0.2, -0.15) is 0 Å². The molecule has 6 heteroatoms. The van der Waals surface area contributed by atoms with Gasteiger partial charge in [0.25, 0.3) is 0 Å². The number of methoxy groups -OCH3 is 1. The first kappa shape index (κ1) is 16.0. The van der Waals surface area contributed by atoms with Crippen molar-refractivity contribution in [2.24, 2.45) is 5.92 Å². The molecule has 1 unspecified atom stereocenters. The molecule has 0 radical (unpaired) electrons. The van der Waals surface area contributed by atoms with Crippen LogP contribution in [0.25, 0.3) is 0 Å². The second-order valence-corrected chi connectivity index (χ2v) is 5.91. The summed E-state index contributed by atoms with van der Waals surface area (Å²) in [6, 6.07) is 7.44. The number of anilines is 1. The van der Waals surface area contributed by atoms with Crippen LogP contribution >= 0.6 is 15.9 Å². The average Bonchev–Trinajstić information content (AvgIpc) is 2.83. The highest BCUT2D eigenvalue weighted by Crippen LogP contribution is 2.24. The van der Waals surface area contributed by atoms with Crippen LogP contribution in [0.4, 0.5) is 5.69 Å². The third-order valence-corrected chi connectivity index (χ3v) is 4.19. The first-order valence-corrected chi connectivity index (χ1v) is 7.73. The van der Waals surface area contributed by atoms with Gasteiger partial charge in [0, 0.05) is 37.7 Å². The van der Waals surface area contributed by atoms with E-state index in [0.29, 0.717) is 19.7 Å². The maximum Gasteiger partial charge on any atom is 0.229 e. The molecule has 5 nitrogen and oxygen atoms in total. The van der Waals surface area contributed by atoms with Gasteiger partial charge in [0.2, 0.25) is 11.8 Å². The fraction of sp³-hybridized carbons (Fsp3) is 0.467. The van der Waals surface area contributed by atoms with Gasteiger partial charge in [-0.25, -0.2) is 0 Å². The van der Waals surface area contributed by atoms with Crippen LogP contribution in [-0.4, -0.2) is 43.5 Å². The number of nitrogens with zero attached hydrogens (tertiary/aromatic N) is 1. The highest BCUT2D eigenvalue weighted by Gasteiger charge is 2.34. The number of carbonyl (C=O) groups is 2. The smallest absolute Gasteiger partial charge is 0.229 e. The Hall–Kier alpha value is -1.40. The Labute approximate surface area is 132 Å². The van der Waals surface area contributed by atoms with Gasteiger partial charge < -0.3 is 15.0 Å². The molecular formula is C15H19BrN2O3. The first-order valence-electron chi connectivity index (χ1n) is 6.94. The summed E-state index contributed by atoms with van der Waals surface area (Å²) in [5.41, 5.74) is 0.729. The Kier molecular flexibility index (Phi) is 5.76. The number of hydrogen-bond acceptors (Lipinski definition) is 3. The molecule has 1 aliphatic rings. The summed E-state index contributed by atoms with van der Waals surface area (Å²) in [6.07, 6.45) is 1.07. The van der Waals surface area contributed by atoms with Gasteiger partial charge in [-0.3, -0.25) is 9.59 Å². The lowest BCUT2D eigenvalue weighted by atomic mass is 10.1. The number of amides is 2. The third kappa shape index (κ3) is 4.28. The monoisotopic (exact) mass is 354 g/mol. The van der Waals surface area contributed by atoms with E-state index >= 15 is 0 Å². The molecule has 0 aromatic heterocycles. The minimum Gasteiger partial charge on any atom is -0.385 e. The van der Waals surface area contributed by atoms with E-state index in [0.717, 1.165) is 16.6 Å². The number of benzene rings is 1. The number of hydrogen-bond donors (Lipinski definition) is 1. The predicted octanol–water partition coefficient (Wildman–Crippen LogP) is 2.27. The van der Waals surface area contributed by atoms with Crippen LogP contribution in [0, 0.1) is 5.92 Å². The van der Waals surface area contributed by atoms with Crippen LogP contribution < -0.4 is 5.32 Å². The lowest BCUT2D eigenvalue weighted by Crippen LogP contribution is -2.29. The van der Waals surface area contributed by atoms with Crippen molar-refractivity contribution in [3.05, 3.63) is 28.7 Å². The Morgan fingerprint density at radius 2 is 2.24 bits per heavy atom. The molecule has 1 heterocycles. The minimum atomic E-state index is -0.285.